The van der Waals surface area contributed by atoms with E-state index in [0.29, 0.717) is 42.6 Å². The highest BCUT2D eigenvalue weighted by atomic mass is 19.3. The molecule has 212 valence electrons. The van der Waals surface area contributed by atoms with E-state index in [4.69, 9.17) is 10.5 Å². The lowest BCUT2D eigenvalue weighted by Crippen LogP contribution is -2.56. The Morgan fingerprint density at radius 2 is 1.78 bits per heavy atom. The van der Waals surface area contributed by atoms with Gasteiger partial charge in [-0.05, 0) is 54.7 Å². The summed E-state index contributed by atoms with van der Waals surface area (Å²) >= 11 is 0. The molecule has 2 aliphatic heterocycles. The number of nitrogen functional groups attached to an aromatic ring is 1. The van der Waals surface area contributed by atoms with Gasteiger partial charge in [0.05, 0.1) is 18.7 Å². The second-order valence-corrected chi connectivity index (χ2v) is 10.3. The van der Waals surface area contributed by atoms with Gasteiger partial charge in [0, 0.05) is 26.2 Å². The summed E-state index contributed by atoms with van der Waals surface area (Å²) < 4.78 is 32.0. The second kappa shape index (κ2) is 12.3. The van der Waals surface area contributed by atoms with Gasteiger partial charge in [-0.1, -0.05) is 30.3 Å². The third-order valence-corrected chi connectivity index (χ3v) is 7.27. The Balaban J connectivity index is 1.15. The van der Waals surface area contributed by atoms with Crippen molar-refractivity contribution < 1.29 is 18.3 Å². The van der Waals surface area contributed by atoms with Gasteiger partial charge >= 0.3 is 0 Å². The number of nitrogens with zero attached hydrogens (tertiary/aromatic N) is 5. The molecule has 2 saturated heterocycles. The highest BCUT2D eigenvalue weighted by Gasteiger charge is 2.43. The number of para-hydroxylation sites is 1. The smallest absolute Gasteiger partial charge is 0.272 e. The zero-order valence-electron chi connectivity index (χ0n) is 22.5. The van der Waals surface area contributed by atoms with Gasteiger partial charge in [0.15, 0.2) is 0 Å². The van der Waals surface area contributed by atoms with Crippen LogP contribution < -0.4 is 15.8 Å². The summed E-state index contributed by atoms with van der Waals surface area (Å²) in [6.45, 7) is 1.12. The van der Waals surface area contributed by atoms with Gasteiger partial charge in [-0.2, -0.15) is 5.26 Å². The maximum absolute atomic E-state index is 13.0. The van der Waals surface area contributed by atoms with Gasteiger partial charge in [0.2, 0.25) is 0 Å². The van der Waals surface area contributed by atoms with Crippen LogP contribution in [0.3, 0.4) is 0 Å². The number of carbonyl (C=O) groups excluding carboxylic acids is 1. The number of anilines is 2. The molecule has 1 amide bonds. The number of benzene rings is 2. The van der Waals surface area contributed by atoms with E-state index in [2.05, 4.69) is 15.3 Å². The molecule has 2 aromatic carbocycles. The van der Waals surface area contributed by atoms with Gasteiger partial charge in [0.1, 0.15) is 41.1 Å². The van der Waals surface area contributed by atoms with Crippen molar-refractivity contribution >= 4 is 17.5 Å². The van der Waals surface area contributed by atoms with E-state index in [-0.39, 0.29) is 37.0 Å². The van der Waals surface area contributed by atoms with E-state index in [1.165, 1.54) is 17.3 Å². The summed E-state index contributed by atoms with van der Waals surface area (Å²) in [5.74, 6) is -0.323. The molecule has 0 aliphatic carbocycles. The molecule has 5 rings (SSSR count). The van der Waals surface area contributed by atoms with E-state index < -0.39 is 5.92 Å². The highest BCUT2D eigenvalue weighted by molar-refractivity contribution is 5.97. The van der Waals surface area contributed by atoms with Crippen LogP contribution in [0.4, 0.5) is 20.4 Å². The van der Waals surface area contributed by atoms with Crippen LogP contribution in [0.1, 0.15) is 12.8 Å². The predicted molar refractivity (Wildman–Crippen MR) is 151 cm³/mol. The molecule has 1 aromatic heterocycles. The fraction of sp³-hybridized carbons (Fsp3) is 0.333. The van der Waals surface area contributed by atoms with Crippen molar-refractivity contribution in [2.75, 3.05) is 50.3 Å². The van der Waals surface area contributed by atoms with E-state index in [1.807, 2.05) is 60.7 Å². The minimum absolute atomic E-state index is 0.00178. The SMILES string of the molecule is N#CC(=CCN1CC(F)(F)C1)C(=O)N1CCC(CNc2ncnc(N)c2-c2ccc(Oc3ccccc3)cc2)CC1. The molecule has 3 N–H and O–H groups in total. The summed E-state index contributed by atoms with van der Waals surface area (Å²) in [4.78, 5) is 24.6. The lowest BCUT2D eigenvalue weighted by atomic mass is 9.96. The number of nitriles is 1. The van der Waals surface area contributed by atoms with Crippen molar-refractivity contribution in [2.45, 2.75) is 18.8 Å². The number of aromatic nitrogens is 2. The van der Waals surface area contributed by atoms with Crippen molar-refractivity contribution in [3.63, 3.8) is 0 Å². The monoisotopic (exact) mass is 559 g/mol. The van der Waals surface area contributed by atoms with Crippen molar-refractivity contribution in [3.05, 3.63) is 72.6 Å². The fourth-order valence-corrected chi connectivity index (χ4v) is 5.02. The molecule has 2 aliphatic rings. The number of rotatable bonds is 9. The lowest BCUT2D eigenvalue weighted by molar-refractivity contribution is -0.128. The first-order valence-corrected chi connectivity index (χ1v) is 13.5. The standard InChI is InChI=1S/C30H31F2N7O2/c31-30(32)18-38(19-30)13-12-23(16-33)29(40)39-14-10-21(11-15-39)17-35-28-26(27(34)36-20-37-28)22-6-8-25(9-7-22)41-24-4-2-1-3-5-24/h1-9,12,20-21H,10-11,13-15,17-19H2,(H3,34,35,36,37). The molecule has 2 fully saturated rings. The number of amides is 1. The third kappa shape index (κ3) is 6.96. The molecule has 3 heterocycles. The van der Waals surface area contributed by atoms with Crippen LogP contribution in [0.15, 0.2) is 72.6 Å². The first kappa shape index (κ1) is 28.0. The first-order chi connectivity index (χ1) is 19.8. The summed E-state index contributed by atoms with van der Waals surface area (Å²) in [5.41, 5.74) is 7.80. The van der Waals surface area contributed by atoms with Crippen LogP contribution in [-0.2, 0) is 4.79 Å². The molecule has 0 unspecified atom stereocenters. The number of ether oxygens (including phenoxy) is 1. The van der Waals surface area contributed by atoms with Crippen LogP contribution in [0, 0.1) is 17.2 Å². The van der Waals surface area contributed by atoms with Crippen molar-refractivity contribution in [3.8, 4) is 28.7 Å². The van der Waals surface area contributed by atoms with Gasteiger partial charge in [-0.15, -0.1) is 0 Å². The zero-order valence-corrected chi connectivity index (χ0v) is 22.5. The minimum atomic E-state index is -2.68. The Morgan fingerprint density at radius 1 is 1.10 bits per heavy atom. The lowest BCUT2D eigenvalue weighted by Gasteiger charge is -2.38. The normalized spacial score (nSPS) is 17.4. The average Bonchev–Trinajstić information content (AvgIpc) is 2.96. The molecular formula is C30H31F2N7O2. The second-order valence-electron chi connectivity index (χ2n) is 10.3. The zero-order chi connectivity index (χ0) is 28.8. The van der Waals surface area contributed by atoms with Crippen molar-refractivity contribution in [1.29, 1.82) is 5.26 Å². The quantitative estimate of drug-likeness (QED) is 0.289. The van der Waals surface area contributed by atoms with Gasteiger partial charge in [-0.25, -0.2) is 18.7 Å². The first-order valence-electron chi connectivity index (χ1n) is 13.5. The number of nitrogens with one attached hydrogen (secondary N) is 1. The molecule has 0 bridgehead atoms. The maximum Gasteiger partial charge on any atom is 0.272 e. The minimum Gasteiger partial charge on any atom is -0.457 e. The fourth-order valence-electron chi connectivity index (χ4n) is 5.02. The van der Waals surface area contributed by atoms with Crippen molar-refractivity contribution in [1.82, 2.24) is 19.8 Å². The maximum atomic E-state index is 13.0. The molecule has 0 radical (unpaired) electrons. The largest absolute Gasteiger partial charge is 0.457 e. The summed E-state index contributed by atoms with van der Waals surface area (Å²) in [5, 5.41) is 12.9. The molecule has 3 aromatic rings. The Labute approximate surface area is 237 Å². The van der Waals surface area contributed by atoms with Gasteiger partial charge in [-0.3, -0.25) is 9.69 Å². The molecule has 0 atom stereocenters. The number of likely N-dealkylation sites (tertiary alicyclic amines) is 2. The molecule has 11 heteroatoms. The van der Waals surface area contributed by atoms with E-state index >= 15 is 0 Å². The Morgan fingerprint density at radius 3 is 2.44 bits per heavy atom. The molecule has 0 spiro atoms. The number of carbonyl (C=O) groups is 1. The van der Waals surface area contributed by atoms with Crippen molar-refractivity contribution in [2.24, 2.45) is 5.92 Å². The molecule has 9 nitrogen and oxygen atoms in total. The average molecular weight is 560 g/mol. The third-order valence-electron chi connectivity index (χ3n) is 7.27. The molecule has 0 saturated carbocycles. The molecule has 41 heavy (non-hydrogen) atoms. The van der Waals surface area contributed by atoms with Crippen LogP contribution in [-0.4, -0.2) is 70.9 Å². The highest BCUT2D eigenvalue weighted by Crippen LogP contribution is 2.33. The van der Waals surface area contributed by atoms with Crippen LogP contribution in [0.2, 0.25) is 0 Å². The number of piperidine rings is 1. The summed E-state index contributed by atoms with van der Waals surface area (Å²) in [6, 6.07) is 19.0. The Hall–Kier alpha value is -4.56. The number of hydrogen-bond acceptors (Lipinski definition) is 8. The number of nitrogens with two attached hydrogens (primary N) is 1. The Bertz CT molecular complexity index is 1430. The number of halogens is 2. The van der Waals surface area contributed by atoms with Crippen LogP contribution >= 0.6 is 0 Å². The summed E-state index contributed by atoms with van der Waals surface area (Å²) in [7, 11) is 0. The topological polar surface area (TPSA) is 120 Å². The Kier molecular flexibility index (Phi) is 8.40. The van der Waals surface area contributed by atoms with Crippen LogP contribution in [0.25, 0.3) is 11.1 Å². The van der Waals surface area contributed by atoms with E-state index in [0.717, 1.165) is 24.2 Å². The molecular weight excluding hydrogens is 528 g/mol. The van der Waals surface area contributed by atoms with Crippen LogP contribution in [0.5, 0.6) is 11.5 Å². The van der Waals surface area contributed by atoms with Gasteiger partial charge in [0.25, 0.3) is 11.8 Å². The number of alkyl halides is 2. The predicted octanol–water partition coefficient (Wildman–Crippen LogP) is 4.57. The van der Waals surface area contributed by atoms with Gasteiger partial charge < -0.3 is 20.7 Å². The number of hydrogen-bond donors (Lipinski definition) is 2. The van der Waals surface area contributed by atoms with E-state index in [9.17, 15) is 18.8 Å². The van der Waals surface area contributed by atoms with E-state index in [1.54, 1.807) is 4.90 Å². The summed E-state index contributed by atoms with van der Waals surface area (Å²) in [6.07, 6.45) is 4.37.